The van der Waals surface area contributed by atoms with Crippen LogP contribution in [-0.2, 0) is 7.05 Å². The standard InChI is InChI=1S/C10H11N5OS/c1-6(16)7-3-4-8(11)9(5-7)17-10-12-13-14-15(10)2/h3-5H,11H2,1-2H3. The smallest absolute Gasteiger partial charge is 0.213 e. The molecule has 0 atom stereocenters. The Morgan fingerprint density at radius 2 is 2.24 bits per heavy atom. The highest BCUT2D eigenvalue weighted by Gasteiger charge is 2.10. The molecule has 0 saturated heterocycles. The van der Waals surface area contributed by atoms with E-state index < -0.39 is 0 Å². The molecule has 0 amide bonds. The van der Waals surface area contributed by atoms with Gasteiger partial charge in [0.2, 0.25) is 5.16 Å². The number of aromatic nitrogens is 4. The van der Waals surface area contributed by atoms with Crippen molar-refractivity contribution in [3.63, 3.8) is 0 Å². The molecule has 1 heterocycles. The minimum atomic E-state index is 0.00272. The molecule has 0 aliphatic carbocycles. The van der Waals surface area contributed by atoms with E-state index in [9.17, 15) is 4.79 Å². The van der Waals surface area contributed by atoms with Gasteiger partial charge in [-0.2, -0.15) is 0 Å². The summed E-state index contributed by atoms with van der Waals surface area (Å²) >= 11 is 1.33. The molecule has 0 aliphatic rings. The van der Waals surface area contributed by atoms with Gasteiger partial charge in [0, 0.05) is 23.2 Å². The number of hydrogen-bond acceptors (Lipinski definition) is 6. The molecule has 2 aromatic rings. The van der Waals surface area contributed by atoms with Crippen molar-refractivity contribution < 1.29 is 4.79 Å². The second-order valence-electron chi connectivity index (χ2n) is 3.50. The van der Waals surface area contributed by atoms with Gasteiger partial charge in [-0.1, -0.05) is 0 Å². The Balaban J connectivity index is 2.35. The van der Waals surface area contributed by atoms with E-state index in [2.05, 4.69) is 15.5 Å². The molecule has 0 unspecified atom stereocenters. The molecule has 0 fully saturated rings. The van der Waals surface area contributed by atoms with Crippen LogP contribution < -0.4 is 5.73 Å². The highest BCUT2D eigenvalue weighted by molar-refractivity contribution is 7.99. The number of tetrazole rings is 1. The lowest BCUT2D eigenvalue weighted by Gasteiger charge is -2.05. The predicted molar refractivity (Wildman–Crippen MR) is 63.8 cm³/mol. The zero-order chi connectivity index (χ0) is 12.4. The molecule has 2 rings (SSSR count). The van der Waals surface area contributed by atoms with Crippen LogP contribution in [0.25, 0.3) is 0 Å². The van der Waals surface area contributed by atoms with Crippen LogP contribution in [0.15, 0.2) is 28.3 Å². The lowest BCUT2D eigenvalue weighted by molar-refractivity contribution is 0.101. The van der Waals surface area contributed by atoms with Crippen molar-refractivity contribution >= 4 is 23.2 Å². The first-order valence-electron chi connectivity index (χ1n) is 4.88. The summed E-state index contributed by atoms with van der Waals surface area (Å²) in [6.07, 6.45) is 0. The van der Waals surface area contributed by atoms with E-state index in [-0.39, 0.29) is 5.78 Å². The average Bonchev–Trinajstić information content (AvgIpc) is 2.67. The zero-order valence-corrected chi connectivity index (χ0v) is 10.2. The topological polar surface area (TPSA) is 86.7 Å². The summed E-state index contributed by atoms with van der Waals surface area (Å²) < 4.78 is 1.55. The van der Waals surface area contributed by atoms with Crippen LogP contribution >= 0.6 is 11.8 Å². The number of rotatable bonds is 3. The highest BCUT2D eigenvalue weighted by Crippen LogP contribution is 2.30. The number of nitrogens with two attached hydrogens (primary N) is 1. The third-order valence-electron chi connectivity index (χ3n) is 2.20. The maximum absolute atomic E-state index is 11.3. The number of Topliss-reactive ketones (excluding diaryl/α,β-unsaturated/α-hetero) is 1. The Morgan fingerprint density at radius 3 is 2.82 bits per heavy atom. The lowest BCUT2D eigenvalue weighted by atomic mass is 10.1. The van der Waals surface area contributed by atoms with E-state index in [1.807, 2.05) is 0 Å². The van der Waals surface area contributed by atoms with E-state index in [1.54, 1.807) is 29.9 Å². The molecule has 0 saturated carbocycles. The molecule has 2 N–H and O–H groups in total. The van der Waals surface area contributed by atoms with Gasteiger partial charge in [-0.15, -0.1) is 5.10 Å². The molecule has 88 valence electrons. The van der Waals surface area contributed by atoms with Gasteiger partial charge in [-0.05, 0) is 47.3 Å². The molecular weight excluding hydrogens is 238 g/mol. The summed E-state index contributed by atoms with van der Waals surface area (Å²) in [5.74, 6) is 0.00272. The zero-order valence-electron chi connectivity index (χ0n) is 9.41. The summed E-state index contributed by atoms with van der Waals surface area (Å²) in [6.45, 7) is 1.52. The summed E-state index contributed by atoms with van der Waals surface area (Å²) in [7, 11) is 1.74. The van der Waals surface area contributed by atoms with Gasteiger partial charge in [0.1, 0.15) is 0 Å². The van der Waals surface area contributed by atoms with E-state index >= 15 is 0 Å². The van der Waals surface area contributed by atoms with Crippen LogP contribution in [-0.4, -0.2) is 26.0 Å². The maximum atomic E-state index is 11.3. The van der Waals surface area contributed by atoms with Crippen LogP contribution in [0.1, 0.15) is 17.3 Å². The summed E-state index contributed by atoms with van der Waals surface area (Å²) in [5.41, 5.74) is 7.07. The number of ketones is 1. The summed E-state index contributed by atoms with van der Waals surface area (Å²) in [4.78, 5) is 12.1. The Morgan fingerprint density at radius 1 is 1.47 bits per heavy atom. The van der Waals surface area contributed by atoms with Crippen LogP contribution in [0.3, 0.4) is 0 Å². The van der Waals surface area contributed by atoms with Crippen LogP contribution in [0, 0.1) is 0 Å². The monoisotopic (exact) mass is 249 g/mol. The number of hydrogen-bond donors (Lipinski definition) is 1. The lowest BCUT2D eigenvalue weighted by Crippen LogP contribution is -1.97. The Labute approximate surface area is 102 Å². The molecule has 1 aromatic carbocycles. The number of aryl methyl sites for hydroxylation is 1. The first-order valence-corrected chi connectivity index (χ1v) is 5.70. The van der Waals surface area contributed by atoms with Crippen molar-refractivity contribution in [2.75, 3.05) is 5.73 Å². The van der Waals surface area contributed by atoms with Crippen molar-refractivity contribution in [3.05, 3.63) is 23.8 Å². The second kappa shape index (κ2) is 4.54. The summed E-state index contributed by atoms with van der Waals surface area (Å²) in [5, 5.41) is 11.7. The van der Waals surface area contributed by atoms with Crippen molar-refractivity contribution in [1.82, 2.24) is 20.2 Å². The number of carbonyl (C=O) groups excluding carboxylic acids is 1. The van der Waals surface area contributed by atoms with Gasteiger partial charge >= 0.3 is 0 Å². The number of carbonyl (C=O) groups is 1. The maximum Gasteiger partial charge on any atom is 0.213 e. The van der Waals surface area contributed by atoms with E-state index in [4.69, 9.17) is 5.73 Å². The molecule has 17 heavy (non-hydrogen) atoms. The van der Waals surface area contributed by atoms with Gasteiger partial charge < -0.3 is 5.73 Å². The minimum absolute atomic E-state index is 0.00272. The van der Waals surface area contributed by atoms with Crippen molar-refractivity contribution in [3.8, 4) is 0 Å². The van der Waals surface area contributed by atoms with Crippen molar-refractivity contribution in [2.45, 2.75) is 17.0 Å². The molecule has 1 aromatic heterocycles. The fourth-order valence-electron chi connectivity index (χ4n) is 1.25. The van der Waals surface area contributed by atoms with Gasteiger partial charge in [-0.25, -0.2) is 4.68 Å². The third kappa shape index (κ3) is 2.44. The average molecular weight is 249 g/mol. The van der Waals surface area contributed by atoms with Crippen molar-refractivity contribution in [1.29, 1.82) is 0 Å². The Hall–Kier alpha value is -1.89. The SMILES string of the molecule is CC(=O)c1ccc(N)c(Sc2nnnn2C)c1. The van der Waals surface area contributed by atoms with Gasteiger partial charge in [-0.3, -0.25) is 4.79 Å². The second-order valence-corrected chi connectivity index (χ2v) is 4.51. The minimum Gasteiger partial charge on any atom is -0.398 e. The van der Waals surface area contributed by atoms with Gasteiger partial charge in [0.05, 0.1) is 0 Å². The van der Waals surface area contributed by atoms with Gasteiger partial charge in [0.15, 0.2) is 5.78 Å². The molecule has 6 nitrogen and oxygen atoms in total. The Kier molecular flexibility index (Phi) is 3.10. The largest absolute Gasteiger partial charge is 0.398 e. The van der Waals surface area contributed by atoms with E-state index in [1.165, 1.54) is 18.7 Å². The van der Waals surface area contributed by atoms with Crippen LogP contribution in [0.2, 0.25) is 0 Å². The highest BCUT2D eigenvalue weighted by atomic mass is 32.2. The third-order valence-corrected chi connectivity index (χ3v) is 3.30. The van der Waals surface area contributed by atoms with Gasteiger partial charge in [0.25, 0.3) is 0 Å². The first kappa shape index (κ1) is 11.6. The quantitative estimate of drug-likeness (QED) is 0.648. The Bertz CT molecular complexity index is 566. The predicted octanol–water partition coefficient (Wildman–Crippen LogP) is 1.15. The molecule has 0 spiro atoms. The van der Waals surface area contributed by atoms with E-state index in [0.717, 1.165) is 4.90 Å². The molecule has 0 bridgehead atoms. The molecular formula is C10H11N5OS. The van der Waals surface area contributed by atoms with Crippen LogP contribution in [0.5, 0.6) is 0 Å². The fourth-order valence-corrected chi connectivity index (χ4v) is 2.06. The fraction of sp³-hybridized carbons (Fsp3) is 0.200. The molecule has 0 aliphatic heterocycles. The number of nitrogens with zero attached hydrogens (tertiary/aromatic N) is 4. The number of nitrogen functional groups attached to an aromatic ring is 1. The summed E-state index contributed by atoms with van der Waals surface area (Å²) in [6, 6.07) is 5.16. The van der Waals surface area contributed by atoms with Crippen molar-refractivity contribution in [2.24, 2.45) is 7.05 Å². The van der Waals surface area contributed by atoms with E-state index in [0.29, 0.717) is 16.4 Å². The normalized spacial score (nSPS) is 10.5. The number of benzene rings is 1. The number of anilines is 1. The molecule has 7 heteroatoms. The molecule has 0 radical (unpaired) electrons. The van der Waals surface area contributed by atoms with Crippen LogP contribution in [0.4, 0.5) is 5.69 Å². The first-order chi connectivity index (χ1) is 8.08.